The smallest absolute Gasteiger partial charge is 0.300 e. The lowest BCUT2D eigenvalue weighted by molar-refractivity contribution is -0.120. The summed E-state index contributed by atoms with van der Waals surface area (Å²) in [6, 6.07) is 9.44. The highest BCUT2D eigenvalue weighted by Crippen LogP contribution is 2.45. The Morgan fingerprint density at radius 2 is 1.61 bits per heavy atom. The summed E-state index contributed by atoms with van der Waals surface area (Å²) in [6.07, 6.45) is 0. The van der Waals surface area contributed by atoms with Crippen LogP contribution in [0.5, 0.6) is 17.2 Å². The van der Waals surface area contributed by atoms with E-state index in [9.17, 15) is 35.5 Å². The average molecular weight is 560 g/mol. The van der Waals surface area contributed by atoms with Gasteiger partial charge in [0.05, 0.1) is 5.69 Å². The van der Waals surface area contributed by atoms with Crippen LogP contribution in [0.2, 0.25) is 0 Å². The fraction of sp³-hybridized carbons (Fsp3) is 0.120. The van der Waals surface area contributed by atoms with Gasteiger partial charge < -0.3 is 15.2 Å². The van der Waals surface area contributed by atoms with Gasteiger partial charge in [0.25, 0.3) is 26.7 Å². The lowest BCUT2D eigenvalue weighted by Crippen LogP contribution is -2.26. The van der Waals surface area contributed by atoms with Crippen LogP contribution in [0.4, 0.5) is 5.69 Å². The molecule has 0 unspecified atom stereocenters. The highest BCUT2D eigenvalue weighted by Gasteiger charge is 2.34. The lowest BCUT2D eigenvalue weighted by atomic mass is 9.90. The van der Waals surface area contributed by atoms with E-state index in [2.05, 4.69) is 6.58 Å². The van der Waals surface area contributed by atoms with Gasteiger partial charge in [0.1, 0.15) is 10.6 Å². The largest absolute Gasteiger partial charge is 0.453 e. The predicted octanol–water partition coefficient (Wildman–Crippen LogP) is 1.90. The number of fused-ring (bicyclic) bond motifs is 2. The molecule has 1 aliphatic heterocycles. The Labute approximate surface area is 217 Å². The van der Waals surface area contributed by atoms with Crippen molar-refractivity contribution in [2.75, 3.05) is 5.73 Å². The van der Waals surface area contributed by atoms with Crippen LogP contribution < -0.4 is 25.6 Å². The summed E-state index contributed by atoms with van der Waals surface area (Å²) in [5.74, 6) is -1.78. The van der Waals surface area contributed by atoms with Crippen molar-refractivity contribution in [2.24, 2.45) is 5.92 Å². The van der Waals surface area contributed by atoms with Crippen molar-refractivity contribution in [1.82, 2.24) is 0 Å². The second kappa shape index (κ2) is 9.36. The van der Waals surface area contributed by atoms with Gasteiger partial charge in [0, 0.05) is 33.4 Å². The Bertz CT molecular complexity index is 1860. The fourth-order valence-electron chi connectivity index (χ4n) is 4.23. The normalized spacial score (nSPS) is 12.9. The van der Waals surface area contributed by atoms with Crippen LogP contribution in [0.1, 0.15) is 35.3 Å². The molecule has 0 fully saturated rings. The van der Waals surface area contributed by atoms with E-state index in [1.165, 1.54) is 42.5 Å². The molecule has 0 saturated heterocycles. The van der Waals surface area contributed by atoms with Crippen molar-refractivity contribution in [3.05, 3.63) is 69.6 Å². The molecule has 198 valence electrons. The molecule has 3 aromatic carbocycles. The Balaban J connectivity index is 2.25. The molecule has 0 atom stereocenters. The quantitative estimate of drug-likeness (QED) is 0.130. The van der Waals surface area contributed by atoms with Crippen LogP contribution in [-0.2, 0) is 25.0 Å². The summed E-state index contributed by atoms with van der Waals surface area (Å²) < 4.78 is 79.9. The van der Waals surface area contributed by atoms with Gasteiger partial charge in [-0.15, -0.1) is 0 Å². The number of hydrogen-bond acceptors (Lipinski definition) is 9. The fourth-order valence-corrected chi connectivity index (χ4v) is 5.77. The maximum absolute atomic E-state index is 12.6. The molecule has 0 aromatic heterocycles. The third-order valence-electron chi connectivity index (χ3n) is 5.83. The molecule has 0 amide bonds. The number of hydrogen-bond donors (Lipinski definition) is 3. The minimum absolute atomic E-state index is 0.0242. The topological polar surface area (TPSA) is 187 Å². The molecule has 0 bridgehead atoms. The SMILES string of the molecule is C=c1ccc2c(c1S(=O)(=O)O)Oc1c(ccc(N)c1S(=O)(=O)O)C=2c1ccc(C(=O)C(C)C)cc1OC=O. The molecule has 0 spiro atoms. The van der Waals surface area contributed by atoms with Crippen molar-refractivity contribution in [2.45, 2.75) is 23.6 Å². The number of benzene rings is 3. The third kappa shape index (κ3) is 4.56. The predicted molar refractivity (Wildman–Crippen MR) is 136 cm³/mol. The first-order chi connectivity index (χ1) is 17.7. The van der Waals surface area contributed by atoms with E-state index >= 15 is 0 Å². The highest BCUT2D eigenvalue weighted by atomic mass is 32.2. The Kier molecular flexibility index (Phi) is 6.66. The summed E-state index contributed by atoms with van der Waals surface area (Å²) in [4.78, 5) is 22.4. The minimum Gasteiger partial charge on any atom is -0.453 e. The van der Waals surface area contributed by atoms with Gasteiger partial charge in [-0.2, -0.15) is 16.8 Å². The van der Waals surface area contributed by atoms with E-state index < -0.39 is 47.2 Å². The molecule has 0 saturated carbocycles. The van der Waals surface area contributed by atoms with E-state index in [-0.39, 0.29) is 56.6 Å². The maximum Gasteiger partial charge on any atom is 0.300 e. The number of carbonyl (C=O) groups is 2. The molecule has 11 nitrogen and oxygen atoms in total. The number of nitrogen functional groups attached to an aromatic ring is 1. The second-order valence-electron chi connectivity index (χ2n) is 8.66. The highest BCUT2D eigenvalue weighted by molar-refractivity contribution is 7.86. The molecular formula is C25H21NO10S2. The summed E-state index contributed by atoms with van der Waals surface area (Å²) in [5.41, 5.74) is 5.89. The molecule has 1 aliphatic rings. The number of Topliss-reactive ketones (excluding diaryl/α,β-unsaturated/α-hetero) is 1. The van der Waals surface area contributed by atoms with Gasteiger partial charge in [-0.3, -0.25) is 18.7 Å². The number of anilines is 1. The number of nitrogens with two attached hydrogens (primary N) is 1. The van der Waals surface area contributed by atoms with Crippen LogP contribution in [0.15, 0.2) is 52.3 Å². The third-order valence-corrected chi connectivity index (χ3v) is 7.73. The van der Waals surface area contributed by atoms with Gasteiger partial charge in [0.15, 0.2) is 22.2 Å². The lowest BCUT2D eigenvalue weighted by Gasteiger charge is -2.25. The zero-order valence-electron chi connectivity index (χ0n) is 20.0. The molecule has 4 rings (SSSR count). The molecule has 38 heavy (non-hydrogen) atoms. The molecule has 0 radical (unpaired) electrons. The summed E-state index contributed by atoms with van der Waals surface area (Å²) >= 11 is 0. The van der Waals surface area contributed by atoms with E-state index in [1.54, 1.807) is 13.8 Å². The summed E-state index contributed by atoms with van der Waals surface area (Å²) in [5, 5.41) is -0.129. The Morgan fingerprint density at radius 3 is 2.18 bits per heavy atom. The van der Waals surface area contributed by atoms with Crippen molar-refractivity contribution in [3.8, 4) is 17.2 Å². The van der Waals surface area contributed by atoms with Crippen molar-refractivity contribution in [3.63, 3.8) is 0 Å². The molecule has 1 heterocycles. The molecule has 4 N–H and O–H groups in total. The van der Waals surface area contributed by atoms with Crippen LogP contribution in [0.3, 0.4) is 0 Å². The molecule has 13 heteroatoms. The van der Waals surface area contributed by atoms with E-state index in [0.717, 1.165) is 0 Å². The van der Waals surface area contributed by atoms with Crippen molar-refractivity contribution >= 4 is 50.3 Å². The Morgan fingerprint density at radius 1 is 0.974 bits per heavy atom. The van der Waals surface area contributed by atoms with Gasteiger partial charge >= 0.3 is 0 Å². The van der Waals surface area contributed by atoms with Crippen LogP contribution in [-0.4, -0.2) is 38.2 Å². The number of ketones is 1. The van der Waals surface area contributed by atoms with Crippen LogP contribution in [0, 0.1) is 5.92 Å². The van der Waals surface area contributed by atoms with E-state index in [4.69, 9.17) is 15.2 Å². The monoisotopic (exact) mass is 559 g/mol. The Hall–Kier alpha value is -4.04. The van der Waals surface area contributed by atoms with Gasteiger partial charge in [0.2, 0.25) is 0 Å². The number of ether oxygens (including phenoxy) is 2. The maximum atomic E-state index is 12.6. The summed E-state index contributed by atoms with van der Waals surface area (Å²) in [7, 11) is -9.98. The van der Waals surface area contributed by atoms with Gasteiger partial charge in [-0.05, 0) is 35.6 Å². The summed E-state index contributed by atoms with van der Waals surface area (Å²) in [6.45, 7) is 7.10. The van der Waals surface area contributed by atoms with Gasteiger partial charge in [-0.25, -0.2) is 0 Å². The zero-order valence-corrected chi connectivity index (χ0v) is 21.6. The first-order valence-electron chi connectivity index (χ1n) is 10.9. The van der Waals surface area contributed by atoms with Crippen molar-refractivity contribution < 1.29 is 45.0 Å². The van der Waals surface area contributed by atoms with E-state index in [0.29, 0.717) is 0 Å². The molecule has 3 aromatic rings. The average Bonchev–Trinajstić information content (AvgIpc) is 2.80. The first-order valence-corrected chi connectivity index (χ1v) is 13.8. The molecular weight excluding hydrogens is 538 g/mol. The van der Waals surface area contributed by atoms with Crippen LogP contribution in [0.25, 0.3) is 12.2 Å². The van der Waals surface area contributed by atoms with Gasteiger partial charge in [-0.1, -0.05) is 32.6 Å². The zero-order chi connectivity index (χ0) is 28.2. The number of carbonyl (C=O) groups excluding carboxylic acids is 2. The first kappa shape index (κ1) is 27.0. The second-order valence-corrected chi connectivity index (χ2v) is 11.4. The standard InChI is InChI=1S/C25H21NO10S2/c1-12(2)21(28)14-5-7-15(19(10-14)35-11-27)20-16-6-4-13(3)24(37(29,30)31)22(16)36-23-17(20)8-9-18(26)25(23)38(32,33)34/h4-12H,3,26H2,1-2H3,(H,29,30,31)(H,32,33,34). The number of rotatable bonds is 7. The molecule has 0 aliphatic carbocycles. The minimum atomic E-state index is -5.01. The van der Waals surface area contributed by atoms with Crippen molar-refractivity contribution in [1.29, 1.82) is 0 Å². The van der Waals surface area contributed by atoms with Crippen LogP contribution >= 0.6 is 0 Å². The van der Waals surface area contributed by atoms with E-state index in [1.807, 2.05) is 0 Å².